The zero-order valence-electron chi connectivity index (χ0n) is 14.3. The van der Waals surface area contributed by atoms with Crippen LogP contribution in [0.5, 0.6) is 5.75 Å². The van der Waals surface area contributed by atoms with Gasteiger partial charge < -0.3 is 10.1 Å². The van der Waals surface area contributed by atoms with E-state index in [1.165, 1.54) is 0 Å². The number of hydrogen-bond donors (Lipinski definition) is 1. The second-order valence-electron chi connectivity index (χ2n) is 5.97. The highest BCUT2D eigenvalue weighted by atomic mass is 16.5. The monoisotopic (exact) mass is 335 g/mol. The molecule has 0 aliphatic carbocycles. The van der Waals surface area contributed by atoms with Crippen LogP contribution in [0.25, 0.3) is 0 Å². The van der Waals surface area contributed by atoms with Crippen molar-refractivity contribution in [3.05, 3.63) is 78.0 Å². The van der Waals surface area contributed by atoms with Crippen LogP contribution in [0.3, 0.4) is 0 Å². The van der Waals surface area contributed by atoms with Crippen LogP contribution in [-0.4, -0.2) is 15.7 Å². The molecule has 3 rings (SSSR count). The van der Waals surface area contributed by atoms with Crippen LogP contribution in [0.2, 0.25) is 0 Å². The Morgan fingerprint density at radius 1 is 1.08 bits per heavy atom. The van der Waals surface area contributed by atoms with Crippen molar-refractivity contribution >= 4 is 11.7 Å². The molecule has 1 amide bonds. The smallest absolute Gasteiger partial charge is 0.257 e. The summed E-state index contributed by atoms with van der Waals surface area (Å²) in [7, 11) is 0. The van der Waals surface area contributed by atoms with Gasteiger partial charge in [0.05, 0.1) is 6.20 Å². The Balaban J connectivity index is 1.75. The number of carbonyl (C=O) groups excluding carboxylic acids is 1. The van der Waals surface area contributed by atoms with Gasteiger partial charge in [-0.05, 0) is 32.0 Å². The molecule has 25 heavy (non-hydrogen) atoms. The molecule has 0 fully saturated rings. The molecule has 0 unspecified atom stereocenters. The third-order valence-electron chi connectivity index (χ3n) is 3.80. The predicted molar refractivity (Wildman–Crippen MR) is 97.8 cm³/mol. The fourth-order valence-corrected chi connectivity index (χ4v) is 2.55. The van der Waals surface area contributed by atoms with Crippen LogP contribution in [0.1, 0.15) is 35.8 Å². The standard InChI is InChI=1S/C20H21N3O2/c1-15(2)23-19(12-13-21-23)22-20(24)18-11-7-6-8-16(18)14-25-17-9-4-3-5-10-17/h3-13,15H,14H2,1-2H3,(H,22,24). The second kappa shape index (κ2) is 7.66. The van der Waals surface area contributed by atoms with E-state index in [9.17, 15) is 4.79 Å². The van der Waals surface area contributed by atoms with E-state index < -0.39 is 0 Å². The third kappa shape index (κ3) is 4.07. The fourth-order valence-electron chi connectivity index (χ4n) is 2.55. The van der Waals surface area contributed by atoms with Gasteiger partial charge in [0.15, 0.2) is 0 Å². The SMILES string of the molecule is CC(C)n1nccc1NC(=O)c1ccccc1COc1ccccc1. The highest BCUT2D eigenvalue weighted by molar-refractivity contribution is 6.04. The number of ether oxygens (including phenoxy) is 1. The van der Waals surface area contributed by atoms with E-state index in [4.69, 9.17) is 4.74 Å². The highest BCUT2D eigenvalue weighted by Gasteiger charge is 2.14. The quantitative estimate of drug-likeness (QED) is 0.731. The number of benzene rings is 2. The molecule has 1 heterocycles. The molecule has 128 valence electrons. The Morgan fingerprint density at radius 3 is 2.56 bits per heavy atom. The molecular weight excluding hydrogens is 314 g/mol. The van der Waals surface area contributed by atoms with Crippen molar-refractivity contribution in [2.45, 2.75) is 26.5 Å². The highest BCUT2D eigenvalue weighted by Crippen LogP contribution is 2.18. The molecule has 0 atom stereocenters. The summed E-state index contributed by atoms with van der Waals surface area (Å²) in [5.74, 6) is 1.28. The van der Waals surface area contributed by atoms with Gasteiger partial charge in [-0.15, -0.1) is 0 Å². The summed E-state index contributed by atoms with van der Waals surface area (Å²) in [4.78, 5) is 12.7. The van der Waals surface area contributed by atoms with E-state index in [-0.39, 0.29) is 11.9 Å². The molecule has 0 aliphatic heterocycles. The van der Waals surface area contributed by atoms with E-state index in [2.05, 4.69) is 10.4 Å². The maximum absolute atomic E-state index is 12.7. The van der Waals surface area contributed by atoms with Crippen molar-refractivity contribution in [2.75, 3.05) is 5.32 Å². The Labute approximate surface area is 147 Å². The van der Waals surface area contributed by atoms with E-state index >= 15 is 0 Å². The lowest BCUT2D eigenvalue weighted by molar-refractivity contribution is 0.102. The van der Waals surface area contributed by atoms with Crippen LogP contribution in [0.15, 0.2) is 66.9 Å². The first-order valence-electron chi connectivity index (χ1n) is 8.26. The summed E-state index contributed by atoms with van der Waals surface area (Å²) in [6.45, 7) is 4.37. The molecule has 0 aliphatic rings. The van der Waals surface area contributed by atoms with Gasteiger partial charge in [-0.1, -0.05) is 36.4 Å². The van der Waals surface area contributed by atoms with E-state index in [1.807, 2.05) is 62.4 Å². The van der Waals surface area contributed by atoms with Crippen molar-refractivity contribution < 1.29 is 9.53 Å². The molecule has 0 radical (unpaired) electrons. The average molecular weight is 335 g/mol. The molecule has 5 nitrogen and oxygen atoms in total. The Bertz CT molecular complexity index is 841. The van der Waals surface area contributed by atoms with Crippen LogP contribution in [0.4, 0.5) is 5.82 Å². The van der Waals surface area contributed by atoms with Gasteiger partial charge in [0, 0.05) is 23.2 Å². The maximum atomic E-state index is 12.7. The minimum Gasteiger partial charge on any atom is -0.489 e. The number of carbonyl (C=O) groups is 1. The molecule has 0 saturated carbocycles. The molecule has 0 bridgehead atoms. The van der Waals surface area contributed by atoms with Gasteiger partial charge in [0.2, 0.25) is 0 Å². The predicted octanol–water partition coefficient (Wildman–Crippen LogP) is 4.30. The molecule has 1 N–H and O–H groups in total. The van der Waals surface area contributed by atoms with Gasteiger partial charge in [-0.2, -0.15) is 5.10 Å². The first kappa shape index (κ1) is 16.8. The Hall–Kier alpha value is -3.08. The number of aromatic nitrogens is 2. The van der Waals surface area contributed by atoms with Crippen LogP contribution >= 0.6 is 0 Å². The van der Waals surface area contributed by atoms with Crippen LogP contribution < -0.4 is 10.1 Å². The van der Waals surface area contributed by atoms with Gasteiger partial charge in [0.1, 0.15) is 18.2 Å². The van der Waals surface area contributed by atoms with Crippen molar-refractivity contribution in [1.29, 1.82) is 0 Å². The first-order chi connectivity index (χ1) is 12.1. The zero-order chi connectivity index (χ0) is 17.6. The van der Waals surface area contributed by atoms with Gasteiger partial charge in [-0.3, -0.25) is 4.79 Å². The number of nitrogens with zero attached hydrogens (tertiary/aromatic N) is 2. The Morgan fingerprint density at radius 2 is 1.80 bits per heavy atom. The Kier molecular flexibility index (Phi) is 5.14. The summed E-state index contributed by atoms with van der Waals surface area (Å²) in [5.41, 5.74) is 1.43. The van der Waals surface area contributed by atoms with E-state index in [0.29, 0.717) is 18.0 Å². The van der Waals surface area contributed by atoms with Crippen LogP contribution in [-0.2, 0) is 6.61 Å². The summed E-state index contributed by atoms with van der Waals surface area (Å²) in [5, 5.41) is 7.17. The molecule has 0 saturated heterocycles. The number of rotatable bonds is 6. The summed E-state index contributed by atoms with van der Waals surface area (Å²) in [6.07, 6.45) is 1.68. The topological polar surface area (TPSA) is 56.2 Å². The van der Waals surface area contributed by atoms with Gasteiger partial charge >= 0.3 is 0 Å². The molecule has 3 aromatic rings. The average Bonchev–Trinajstić information content (AvgIpc) is 3.09. The van der Waals surface area contributed by atoms with Gasteiger partial charge in [0.25, 0.3) is 5.91 Å². The lowest BCUT2D eigenvalue weighted by Gasteiger charge is -2.14. The molecule has 1 aromatic heterocycles. The largest absolute Gasteiger partial charge is 0.489 e. The maximum Gasteiger partial charge on any atom is 0.257 e. The lowest BCUT2D eigenvalue weighted by atomic mass is 10.1. The summed E-state index contributed by atoms with van der Waals surface area (Å²) in [6, 6.07) is 19.0. The normalized spacial score (nSPS) is 10.7. The van der Waals surface area contributed by atoms with Crippen molar-refractivity contribution in [2.24, 2.45) is 0 Å². The molecule has 5 heteroatoms. The lowest BCUT2D eigenvalue weighted by Crippen LogP contribution is -2.18. The number of amides is 1. The zero-order valence-corrected chi connectivity index (χ0v) is 14.3. The van der Waals surface area contributed by atoms with E-state index in [0.717, 1.165) is 11.3 Å². The molecule has 0 spiro atoms. The minimum absolute atomic E-state index is 0.168. The van der Waals surface area contributed by atoms with Crippen molar-refractivity contribution in [3.63, 3.8) is 0 Å². The summed E-state index contributed by atoms with van der Waals surface area (Å²) < 4.78 is 7.56. The third-order valence-corrected chi connectivity index (χ3v) is 3.80. The molecular formula is C20H21N3O2. The van der Waals surface area contributed by atoms with E-state index in [1.54, 1.807) is 23.0 Å². The minimum atomic E-state index is -0.172. The number of para-hydroxylation sites is 1. The number of hydrogen-bond acceptors (Lipinski definition) is 3. The van der Waals surface area contributed by atoms with Crippen molar-refractivity contribution in [1.82, 2.24) is 9.78 Å². The fraction of sp³-hybridized carbons (Fsp3) is 0.200. The first-order valence-corrected chi connectivity index (χ1v) is 8.26. The van der Waals surface area contributed by atoms with Crippen molar-refractivity contribution in [3.8, 4) is 5.75 Å². The van der Waals surface area contributed by atoms with Crippen LogP contribution in [0, 0.1) is 0 Å². The molecule has 2 aromatic carbocycles. The number of anilines is 1. The number of nitrogens with one attached hydrogen (secondary N) is 1. The summed E-state index contributed by atoms with van der Waals surface area (Å²) >= 11 is 0. The van der Waals surface area contributed by atoms with Gasteiger partial charge in [-0.25, -0.2) is 4.68 Å². The second-order valence-corrected chi connectivity index (χ2v) is 5.97.